The number of fused-ring (bicyclic) bond motifs is 1. The maximum Gasteiger partial charge on any atom is 0.262 e. The van der Waals surface area contributed by atoms with Crippen LogP contribution in [0.3, 0.4) is 0 Å². The van der Waals surface area contributed by atoms with Crippen LogP contribution in [0.5, 0.6) is 0 Å². The SMILES string of the molecule is CCCCn1c(SCC(=O)N[C@@H](CC)c2ccc(C)cc2)nc2ccccc2c1=O. The minimum absolute atomic E-state index is 0.0226. The second kappa shape index (κ2) is 10.4. The number of carbonyl (C=O) groups is 1. The van der Waals surface area contributed by atoms with E-state index in [0.717, 1.165) is 24.8 Å². The summed E-state index contributed by atoms with van der Waals surface area (Å²) in [5.41, 5.74) is 2.93. The zero-order chi connectivity index (χ0) is 21.5. The molecular formula is C24H29N3O2S. The summed E-state index contributed by atoms with van der Waals surface area (Å²) in [6.45, 7) is 6.81. The van der Waals surface area contributed by atoms with Gasteiger partial charge >= 0.3 is 0 Å². The Hall–Kier alpha value is -2.60. The van der Waals surface area contributed by atoms with Crippen molar-refractivity contribution in [3.8, 4) is 0 Å². The highest BCUT2D eigenvalue weighted by Crippen LogP contribution is 2.20. The Morgan fingerprint density at radius 3 is 2.57 bits per heavy atom. The molecule has 0 radical (unpaired) electrons. The van der Waals surface area contributed by atoms with Crippen molar-refractivity contribution in [2.75, 3.05) is 5.75 Å². The number of thioether (sulfide) groups is 1. The monoisotopic (exact) mass is 423 g/mol. The van der Waals surface area contributed by atoms with Gasteiger partial charge in [0.15, 0.2) is 5.16 Å². The first-order valence-electron chi connectivity index (χ1n) is 10.5. The molecular weight excluding hydrogens is 394 g/mol. The summed E-state index contributed by atoms with van der Waals surface area (Å²) in [5.74, 6) is 0.163. The van der Waals surface area contributed by atoms with E-state index >= 15 is 0 Å². The van der Waals surface area contributed by atoms with Crippen LogP contribution in [0, 0.1) is 6.92 Å². The number of nitrogens with one attached hydrogen (secondary N) is 1. The maximum atomic E-state index is 12.9. The maximum absolute atomic E-state index is 12.9. The summed E-state index contributed by atoms with van der Waals surface area (Å²) in [7, 11) is 0. The smallest absolute Gasteiger partial charge is 0.262 e. The van der Waals surface area contributed by atoms with E-state index in [4.69, 9.17) is 0 Å². The van der Waals surface area contributed by atoms with Crippen LogP contribution >= 0.6 is 11.8 Å². The highest BCUT2D eigenvalue weighted by Gasteiger charge is 2.16. The van der Waals surface area contributed by atoms with Gasteiger partial charge in [0.05, 0.1) is 22.7 Å². The molecule has 2 aromatic carbocycles. The molecule has 0 spiro atoms. The highest BCUT2D eigenvalue weighted by molar-refractivity contribution is 7.99. The number of carbonyl (C=O) groups excluding carboxylic acids is 1. The third kappa shape index (κ3) is 5.30. The average Bonchev–Trinajstić information content (AvgIpc) is 2.76. The van der Waals surface area contributed by atoms with Gasteiger partial charge in [-0.25, -0.2) is 4.98 Å². The zero-order valence-corrected chi connectivity index (χ0v) is 18.7. The Morgan fingerprint density at radius 2 is 1.87 bits per heavy atom. The fraction of sp³-hybridized carbons (Fsp3) is 0.375. The molecule has 1 heterocycles. The summed E-state index contributed by atoms with van der Waals surface area (Å²) < 4.78 is 1.71. The molecule has 158 valence electrons. The fourth-order valence-electron chi connectivity index (χ4n) is 3.36. The Balaban J connectivity index is 1.75. The summed E-state index contributed by atoms with van der Waals surface area (Å²) in [6, 6.07) is 15.6. The van der Waals surface area contributed by atoms with E-state index < -0.39 is 0 Å². The molecule has 0 saturated heterocycles. The molecule has 30 heavy (non-hydrogen) atoms. The van der Waals surface area contributed by atoms with Crippen LogP contribution in [-0.2, 0) is 11.3 Å². The van der Waals surface area contributed by atoms with E-state index in [0.29, 0.717) is 22.6 Å². The number of hydrogen-bond acceptors (Lipinski definition) is 4. The van der Waals surface area contributed by atoms with E-state index in [2.05, 4.69) is 55.3 Å². The fourth-order valence-corrected chi connectivity index (χ4v) is 4.19. The quantitative estimate of drug-likeness (QED) is 0.394. The first-order chi connectivity index (χ1) is 14.5. The normalized spacial score (nSPS) is 12.1. The van der Waals surface area contributed by atoms with E-state index in [9.17, 15) is 9.59 Å². The molecule has 0 aliphatic heterocycles. The molecule has 3 rings (SSSR count). The first kappa shape index (κ1) is 22.1. The molecule has 0 unspecified atom stereocenters. The van der Waals surface area contributed by atoms with Gasteiger partial charge in [-0.05, 0) is 37.5 Å². The topological polar surface area (TPSA) is 64.0 Å². The van der Waals surface area contributed by atoms with Gasteiger partial charge in [0, 0.05) is 6.54 Å². The Bertz CT molecular complexity index is 1060. The van der Waals surface area contributed by atoms with Crippen LogP contribution in [0.25, 0.3) is 10.9 Å². The van der Waals surface area contributed by atoms with Gasteiger partial charge < -0.3 is 5.32 Å². The van der Waals surface area contributed by atoms with E-state index in [-0.39, 0.29) is 23.3 Å². The lowest BCUT2D eigenvalue weighted by Gasteiger charge is -2.18. The van der Waals surface area contributed by atoms with Crippen LogP contribution < -0.4 is 10.9 Å². The number of para-hydroxylation sites is 1. The molecule has 1 N–H and O–H groups in total. The van der Waals surface area contributed by atoms with Crippen molar-refractivity contribution in [3.05, 3.63) is 70.0 Å². The summed E-state index contributed by atoms with van der Waals surface area (Å²) in [4.78, 5) is 30.3. The predicted molar refractivity (Wildman–Crippen MR) is 124 cm³/mol. The van der Waals surface area contributed by atoms with Gasteiger partial charge in [-0.2, -0.15) is 0 Å². The predicted octanol–water partition coefficient (Wildman–Crippen LogP) is 4.86. The summed E-state index contributed by atoms with van der Waals surface area (Å²) >= 11 is 1.32. The molecule has 0 fully saturated rings. The number of nitrogens with zero attached hydrogens (tertiary/aromatic N) is 2. The lowest BCUT2D eigenvalue weighted by molar-refractivity contribution is -0.119. The van der Waals surface area contributed by atoms with Crippen LogP contribution in [0.15, 0.2) is 58.5 Å². The number of aryl methyl sites for hydroxylation is 1. The number of amides is 1. The lowest BCUT2D eigenvalue weighted by Crippen LogP contribution is -2.30. The molecule has 0 aliphatic rings. The van der Waals surface area contributed by atoms with Crippen LogP contribution in [-0.4, -0.2) is 21.2 Å². The van der Waals surface area contributed by atoms with Gasteiger partial charge in [-0.3, -0.25) is 14.2 Å². The van der Waals surface area contributed by atoms with E-state index in [1.807, 2.05) is 24.3 Å². The molecule has 5 nitrogen and oxygen atoms in total. The van der Waals surface area contributed by atoms with Gasteiger partial charge in [0.2, 0.25) is 5.91 Å². The molecule has 0 bridgehead atoms. The van der Waals surface area contributed by atoms with Crippen molar-refractivity contribution in [2.45, 2.75) is 57.8 Å². The zero-order valence-electron chi connectivity index (χ0n) is 17.9. The standard InChI is InChI=1S/C24H29N3O2S/c1-4-6-15-27-23(29)19-9-7-8-10-21(19)26-24(27)30-16-22(28)25-20(5-2)18-13-11-17(3)12-14-18/h7-14,20H,4-6,15-16H2,1-3H3,(H,25,28)/t20-/m0/s1. The number of hydrogen-bond donors (Lipinski definition) is 1. The van der Waals surface area contributed by atoms with Crippen molar-refractivity contribution in [3.63, 3.8) is 0 Å². The molecule has 1 aromatic heterocycles. The Kier molecular flexibility index (Phi) is 7.69. The van der Waals surface area contributed by atoms with Gasteiger partial charge in [-0.15, -0.1) is 0 Å². The van der Waals surface area contributed by atoms with Crippen LogP contribution in [0.4, 0.5) is 0 Å². The second-order valence-corrected chi connectivity index (χ2v) is 8.39. The van der Waals surface area contributed by atoms with Gasteiger partial charge in [0.1, 0.15) is 0 Å². The van der Waals surface area contributed by atoms with Crippen LogP contribution in [0.2, 0.25) is 0 Å². The minimum atomic E-state index is -0.0584. The number of unbranched alkanes of at least 4 members (excludes halogenated alkanes) is 1. The molecule has 0 aliphatic carbocycles. The third-order valence-electron chi connectivity index (χ3n) is 5.12. The first-order valence-corrected chi connectivity index (χ1v) is 11.5. The average molecular weight is 424 g/mol. The summed E-state index contributed by atoms with van der Waals surface area (Å²) in [6.07, 6.45) is 2.69. The van der Waals surface area contributed by atoms with Crippen molar-refractivity contribution in [1.82, 2.24) is 14.9 Å². The third-order valence-corrected chi connectivity index (χ3v) is 6.09. The largest absolute Gasteiger partial charge is 0.349 e. The number of benzene rings is 2. The Labute approximate surface area is 181 Å². The molecule has 1 atom stereocenters. The lowest BCUT2D eigenvalue weighted by atomic mass is 10.0. The highest BCUT2D eigenvalue weighted by atomic mass is 32.2. The van der Waals surface area contributed by atoms with Gasteiger partial charge in [0.25, 0.3) is 5.56 Å². The van der Waals surface area contributed by atoms with E-state index in [1.165, 1.54) is 17.3 Å². The minimum Gasteiger partial charge on any atom is -0.349 e. The van der Waals surface area contributed by atoms with Crippen molar-refractivity contribution < 1.29 is 4.79 Å². The number of rotatable bonds is 9. The Morgan fingerprint density at radius 1 is 1.13 bits per heavy atom. The molecule has 1 amide bonds. The summed E-state index contributed by atoms with van der Waals surface area (Å²) in [5, 5.41) is 4.33. The van der Waals surface area contributed by atoms with Crippen molar-refractivity contribution in [1.29, 1.82) is 0 Å². The number of aromatic nitrogens is 2. The van der Waals surface area contributed by atoms with E-state index in [1.54, 1.807) is 4.57 Å². The molecule has 6 heteroatoms. The molecule has 3 aromatic rings. The molecule has 0 saturated carbocycles. The van der Waals surface area contributed by atoms with Crippen LogP contribution in [0.1, 0.15) is 50.3 Å². The van der Waals surface area contributed by atoms with Crippen molar-refractivity contribution in [2.24, 2.45) is 0 Å². The van der Waals surface area contributed by atoms with Gasteiger partial charge in [-0.1, -0.05) is 74.0 Å². The van der Waals surface area contributed by atoms with Crippen molar-refractivity contribution >= 4 is 28.6 Å². The second-order valence-electron chi connectivity index (χ2n) is 7.45.